The highest BCUT2D eigenvalue weighted by Crippen LogP contribution is 2.16. The quantitative estimate of drug-likeness (QED) is 0.806. The third kappa shape index (κ3) is 2.64. The number of likely N-dealkylation sites (tertiary alicyclic amines) is 1. The SMILES string of the molecule is Cc1ccc(F)c(C(=O)N2CCC(N)CC2)c1. The lowest BCUT2D eigenvalue weighted by Gasteiger charge is -2.30. The Balaban J connectivity index is 2.16. The van der Waals surface area contributed by atoms with Gasteiger partial charge in [-0.3, -0.25) is 4.79 Å². The fourth-order valence-electron chi connectivity index (χ4n) is 2.08. The summed E-state index contributed by atoms with van der Waals surface area (Å²) in [6.45, 7) is 3.09. The van der Waals surface area contributed by atoms with Crippen LogP contribution in [0.3, 0.4) is 0 Å². The van der Waals surface area contributed by atoms with E-state index in [1.54, 1.807) is 17.0 Å². The highest BCUT2D eigenvalue weighted by molar-refractivity contribution is 5.94. The summed E-state index contributed by atoms with van der Waals surface area (Å²) < 4.78 is 13.6. The molecule has 2 rings (SSSR count). The molecule has 4 heteroatoms. The van der Waals surface area contributed by atoms with Gasteiger partial charge >= 0.3 is 0 Å². The zero-order valence-electron chi connectivity index (χ0n) is 9.95. The Morgan fingerprint density at radius 2 is 2.06 bits per heavy atom. The zero-order valence-corrected chi connectivity index (χ0v) is 9.95. The third-order valence-corrected chi connectivity index (χ3v) is 3.18. The predicted octanol–water partition coefficient (Wildman–Crippen LogP) is 1.70. The first-order valence-corrected chi connectivity index (χ1v) is 5.89. The van der Waals surface area contributed by atoms with Crippen LogP contribution in [-0.2, 0) is 0 Å². The van der Waals surface area contributed by atoms with E-state index >= 15 is 0 Å². The van der Waals surface area contributed by atoms with E-state index in [4.69, 9.17) is 5.73 Å². The summed E-state index contributed by atoms with van der Waals surface area (Å²) >= 11 is 0. The minimum Gasteiger partial charge on any atom is -0.338 e. The number of carbonyl (C=O) groups excluding carboxylic acids is 1. The van der Waals surface area contributed by atoms with Gasteiger partial charge in [0.05, 0.1) is 5.56 Å². The van der Waals surface area contributed by atoms with Crippen LogP contribution in [0.15, 0.2) is 18.2 Å². The van der Waals surface area contributed by atoms with Crippen molar-refractivity contribution in [2.24, 2.45) is 5.73 Å². The first-order valence-electron chi connectivity index (χ1n) is 5.89. The van der Waals surface area contributed by atoms with Gasteiger partial charge in [-0.25, -0.2) is 4.39 Å². The summed E-state index contributed by atoms with van der Waals surface area (Å²) in [7, 11) is 0. The van der Waals surface area contributed by atoms with Crippen molar-refractivity contribution >= 4 is 5.91 Å². The van der Waals surface area contributed by atoms with Crippen LogP contribution < -0.4 is 5.73 Å². The van der Waals surface area contributed by atoms with E-state index in [0.717, 1.165) is 18.4 Å². The average molecular weight is 236 g/mol. The third-order valence-electron chi connectivity index (χ3n) is 3.18. The Bertz CT molecular complexity index is 425. The van der Waals surface area contributed by atoms with Gasteiger partial charge in [-0.2, -0.15) is 0 Å². The van der Waals surface area contributed by atoms with E-state index in [9.17, 15) is 9.18 Å². The van der Waals surface area contributed by atoms with Crippen molar-refractivity contribution in [1.82, 2.24) is 4.90 Å². The molecule has 1 saturated heterocycles. The maximum atomic E-state index is 13.6. The number of aryl methyl sites for hydroxylation is 1. The minimum absolute atomic E-state index is 0.167. The van der Waals surface area contributed by atoms with Gasteiger partial charge in [-0.1, -0.05) is 11.6 Å². The number of nitrogens with zero attached hydrogens (tertiary/aromatic N) is 1. The highest BCUT2D eigenvalue weighted by atomic mass is 19.1. The number of hydrogen-bond donors (Lipinski definition) is 1. The number of halogens is 1. The van der Waals surface area contributed by atoms with Gasteiger partial charge in [0.1, 0.15) is 5.82 Å². The smallest absolute Gasteiger partial charge is 0.256 e. The van der Waals surface area contributed by atoms with Crippen molar-refractivity contribution in [3.63, 3.8) is 0 Å². The Morgan fingerprint density at radius 1 is 1.41 bits per heavy atom. The van der Waals surface area contributed by atoms with Crippen LogP contribution in [0.1, 0.15) is 28.8 Å². The molecule has 1 aromatic rings. The molecule has 0 saturated carbocycles. The number of hydrogen-bond acceptors (Lipinski definition) is 2. The Morgan fingerprint density at radius 3 is 2.71 bits per heavy atom. The van der Waals surface area contributed by atoms with E-state index in [0.29, 0.717) is 13.1 Å². The van der Waals surface area contributed by atoms with Crippen LogP contribution in [0, 0.1) is 12.7 Å². The molecule has 0 radical (unpaired) electrons. The zero-order chi connectivity index (χ0) is 12.4. The number of rotatable bonds is 1. The van der Waals surface area contributed by atoms with E-state index in [1.807, 2.05) is 6.92 Å². The number of benzene rings is 1. The minimum atomic E-state index is -0.449. The summed E-state index contributed by atoms with van der Waals surface area (Å²) in [5.74, 6) is -0.673. The van der Waals surface area contributed by atoms with Crippen LogP contribution in [0.4, 0.5) is 4.39 Å². The van der Waals surface area contributed by atoms with Crippen LogP contribution in [0.25, 0.3) is 0 Å². The van der Waals surface area contributed by atoms with Crippen molar-refractivity contribution in [3.05, 3.63) is 35.1 Å². The van der Waals surface area contributed by atoms with E-state index in [2.05, 4.69) is 0 Å². The van der Waals surface area contributed by atoms with Gasteiger partial charge in [0.25, 0.3) is 5.91 Å². The fraction of sp³-hybridized carbons (Fsp3) is 0.462. The number of nitrogens with two attached hydrogens (primary N) is 1. The van der Waals surface area contributed by atoms with E-state index in [1.165, 1.54) is 6.07 Å². The topological polar surface area (TPSA) is 46.3 Å². The molecule has 1 aromatic carbocycles. The molecule has 2 N–H and O–H groups in total. The van der Waals surface area contributed by atoms with Gasteiger partial charge in [0.15, 0.2) is 0 Å². The second-order valence-electron chi connectivity index (χ2n) is 4.61. The summed E-state index contributed by atoms with van der Waals surface area (Å²) in [5, 5.41) is 0. The number of carbonyl (C=O) groups is 1. The van der Waals surface area contributed by atoms with E-state index < -0.39 is 5.82 Å². The monoisotopic (exact) mass is 236 g/mol. The molecule has 1 amide bonds. The maximum absolute atomic E-state index is 13.6. The molecule has 0 bridgehead atoms. The summed E-state index contributed by atoms with van der Waals surface area (Å²) in [4.78, 5) is 13.8. The lowest BCUT2D eigenvalue weighted by molar-refractivity contribution is 0.0710. The molecule has 1 aliphatic rings. The van der Waals surface area contributed by atoms with Crippen LogP contribution >= 0.6 is 0 Å². The molecule has 0 unspecified atom stereocenters. The molecule has 3 nitrogen and oxygen atoms in total. The van der Waals surface area contributed by atoms with Crippen LogP contribution in [-0.4, -0.2) is 29.9 Å². The van der Waals surface area contributed by atoms with Gasteiger partial charge < -0.3 is 10.6 Å². The summed E-state index contributed by atoms with van der Waals surface area (Å²) in [6, 6.07) is 4.78. The van der Waals surface area contributed by atoms with Crippen molar-refractivity contribution in [3.8, 4) is 0 Å². The molecule has 92 valence electrons. The summed E-state index contributed by atoms with van der Waals surface area (Å²) in [6.07, 6.45) is 1.58. The molecular formula is C13H17FN2O. The van der Waals surface area contributed by atoms with Gasteiger partial charge in [0.2, 0.25) is 0 Å². The highest BCUT2D eigenvalue weighted by Gasteiger charge is 2.23. The van der Waals surface area contributed by atoms with Crippen molar-refractivity contribution < 1.29 is 9.18 Å². The number of amides is 1. The largest absolute Gasteiger partial charge is 0.338 e. The maximum Gasteiger partial charge on any atom is 0.256 e. The van der Waals surface area contributed by atoms with E-state index in [-0.39, 0.29) is 17.5 Å². The second-order valence-corrected chi connectivity index (χ2v) is 4.61. The lowest BCUT2D eigenvalue weighted by atomic mass is 10.0. The van der Waals surface area contributed by atoms with Gasteiger partial charge in [0, 0.05) is 19.1 Å². The molecule has 0 spiro atoms. The molecular weight excluding hydrogens is 219 g/mol. The summed E-state index contributed by atoms with van der Waals surface area (Å²) in [5.41, 5.74) is 6.84. The van der Waals surface area contributed by atoms with Crippen molar-refractivity contribution in [2.75, 3.05) is 13.1 Å². The Hall–Kier alpha value is -1.42. The first kappa shape index (κ1) is 12.0. The Labute approximate surface area is 100 Å². The predicted molar refractivity (Wildman–Crippen MR) is 64.2 cm³/mol. The standard InChI is InChI=1S/C13H17FN2O/c1-9-2-3-12(14)11(8-9)13(17)16-6-4-10(15)5-7-16/h2-3,8,10H,4-7,15H2,1H3. The molecule has 1 aliphatic heterocycles. The normalized spacial score (nSPS) is 17.2. The molecule has 0 aromatic heterocycles. The average Bonchev–Trinajstić information content (AvgIpc) is 2.32. The van der Waals surface area contributed by atoms with Crippen molar-refractivity contribution in [2.45, 2.75) is 25.8 Å². The molecule has 0 aliphatic carbocycles. The Kier molecular flexibility index (Phi) is 3.43. The fourth-order valence-corrected chi connectivity index (χ4v) is 2.08. The molecule has 1 heterocycles. The molecule has 1 fully saturated rings. The molecule has 0 atom stereocenters. The van der Waals surface area contributed by atoms with Crippen LogP contribution in [0.5, 0.6) is 0 Å². The van der Waals surface area contributed by atoms with Crippen LogP contribution in [0.2, 0.25) is 0 Å². The molecule has 17 heavy (non-hydrogen) atoms. The van der Waals surface area contributed by atoms with Gasteiger partial charge in [-0.05, 0) is 31.9 Å². The van der Waals surface area contributed by atoms with Crippen molar-refractivity contribution in [1.29, 1.82) is 0 Å². The second kappa shape index (κ2) is 4.84. The van der Waals surface area contributed by atoms with Gasteiger partial charge in [-0.15, -0.1) is 0 Å². The lowest BCUT2D eigenvalue weighted by Crippen LogP contribution is -2.43. The first-order chi connectivity index (χ1) is 8.08. The number of piperidine rings is 1.